The number of piperazine rings is 1. The number of amides is 2. The Bertz CT molecular complexity index is 809. The molecular formula is C16H18N4O5. The summed E-state index contributed by atoms with van der Waals surface area (Å²) >= 11 is 0. The predicted molar refractivity (Wildman–Crippen MR) is 85.5 cm³/mol. The molecule has 9 nitrogen and oxygen atoms in total. The van der Waals surface area contributed by atoms with Crippen LogP contribution >= 0.6 is 0 Å². The number of nitrogens with zero attached hydrogens (tertiary/aromatic N) is 2. The molecule has 2 aromatic rings. The Morgan fingerprint density at radius 1 is 1.44 bits per heavy atom. The van der Waals surface area contributed by atoms with Crippen LogP contribution in [0, 0.1) is 6.92 Å². The highest BCUT2D eigenvalue weighted by Crippen LogP contribution is 2.22. The first kappa shape index (κ1) is 16.7. The second-order valence-corrected chi connectivity index (χ2v) is 5.66. The van der Waals surface area contributed by atoms with Crippen molar-refractivity contribution in [3.8, 4) is 11.5 Å². The number of H-pyrrole nitrogens is 1. The summed E-state index contributed by atoms with van der Waals surface area (Å²) in [5.41, 5.74) is 0.705. The van der Waals surface area contributed by atoms with E-state index in [-0.39, 0.29) is 24.6 Å². The molecule has 1 fully saturated rings. The van der Waals surface area contributed by atoms with Gasteiger partial charge in [-0.15, -0.1) is 0 Å². The van der Waals surface area contributed by atoms with Gasteiger partial charge in [0.05, 0.1) is 13.5 Å². The van der Waals surface area contributed by atoms with Gasteiger partial charge in [-0.2, -0.15) is 5.10 Å². The minimum Gasteiger partial charge on any atom is -0.469 e. The average Bonchev–Trinajstić information content (AvgIpc) is 3.24. The highest BCUT2D eigenvalue weighted by molar-refractivity contribution is 5.98. The van der Waals surface area contributed by atoms with E-state index in [1.165, 1.54) is 12.0 Å². The van der Waals surface area contributed by atoms with E-state index in [4.69, 9.17) is 4.42 Å². The molecule has 3 rings (SSSR count). The van der Waals surface area contributed by atoms with E-state index >= 15 is 0 Å². The number of methoxy groups -OCH3 is 1. The number of aromatic nitrogens is 2. The summed E-state index contributed by atoms with van der Waals surface area (Å²) < 4.78 is 10.1. The van der Waals surface area contributed by atoms with Crippen molar-refractivity contribution in [2.24, 2.45) is 0 Å². The van der Waals surface area contributed by atoms with Gasteiger partial charge < -0.3 is 19.4 Å². The maximum atomic E-state index is 12.8. The molecule has 1 aliphatic rings. The number of hydrogen-bond acceptors (Lipinski definition) is 6. The maximum Gasteiger partial charge on any atom is 0.308 e. The third-order valence-corrected chi connectivity index (χ3v) is 3.98. The van der Waals surface area contributed by atoms with Crippen LogP contribution in [0.5, 0.6) is 0 Å². The lowest BCUT2D eigenvalue weighted by Gasteiger charge is -2.33. The fourth-order valence-electron chi connectivity index (χ4n) is 2.69. The Morgan fingerprint density at radius 2 is 2.24 bits per heavy atom. The van der Waals surface area contributed by atoms with Crippen LogP contribution in [0.25, 0.3) is 11.5 Å². The van der Waals surface area contributed by atoms with E-state index < -0.39 is 17.9 Å². The second kappa shape index (κ2) is 6.80. The van der Waals surface area contributed by atoms with Crippen molar-refractivity contribution in [2.75, 3.05) is 20.2 Å². The molecule has 0 spiro atoms. The summed E-state index contributed by atoms with van der Waals surface area (Å²) in [5.74, 6) is -0.0829. The highest BCUT2D eigenvalue weighted by atomic mass is 16.5. The molecule has 0 bridgehead atoms. The Kier molecular flexibility index (Phi) is 4.55. The van der Waals surface area contributed by atoms with Crippen molar-refractivity contribution in [3.63, 3.8) is 0 Å². The monoisotopic (exact) mass is 346 g/mol. The number of furan rings is 1. The molecule has 0 saturated carbocycles. The lowest BCUT2D eigenvalue weighted by molar-refractivity contribution is -0.145. The number of nitrogens with one attached hydrogen (secondary N) is 2. The van der Waals surface area contributed by atoms with Crippen LogP contribution < -0.4 is 5.32 Å². The Balaban J connectivity index is 1.81. The predicted octanol–water partition coefficient (Wildman–Crippen LogP) is 0.482. The number of hydrogen-bond donors (Lipinski definition) is 2. The molecule has 132 valence electrons. The zero-order chi connectivity index (χ0) is 18.0. The van der Waals surface area contributed by atoms with Crippen LogP contribution in [0.4, 0.5) is 0 Å². The van der Waals surface area contributed by atoms with Gasteiger partial charge in [0.15, 0.2) is 11.5 Å². The standard InChI is InChI=1S/C16H18N4O5/c1-9-3-4-13(25-9)10-7-11(19-18-10)16(23)20-6-5-17-15(22)12(20)8-14(21)24-2/h3-4,7,12H,5-6,8H2,1-2H3,(H,17,22)(H,18,19)/t12-/m1/s1. The third kappa shape index (κ3) is 3.39. The number of carbonyl (C=O) groups is 3. The Labute approximate surface area is 143 Å². The molecular weight excluding hydrogens is 328 g/mol. The van der Waals surface area contributed by atoms with Gasteiger partial charge in [0.25, 0.3) is 5.91 Å². The van der Waals surface area contributed by atoms with Gasteiger partial charge in [0, 0.05) is 19.2 Å². The van der Waals surface area contributed by atoms with E-state index in [2.05, 4.69) is 20.3 Å². The fourth-order valence-corrected chi connectivity index (χ4v) is 2.69. The molecule has 2 aromatic heterocycles. The van der Waals surface area contributed by atoms with Crippen LogP contribution in [0.3, 0.4) is 0 Å². The van der Waals surface area contributed by atoms with Crippen molar-refractivity contribution in [2.45, 2.75) is 19.4 Å². The summed E-state index contributed by atoms with van der Waals surface area (Å²) in [6.07, 6.45) is -0.206. The largest absolute Gasteiger partial charge is 0.469 e. The van der Waals surface area contributed by atoms with E-state index in [9.17, 15) is 14.4 Å². The molecule has 1 saturated heterocycles. The molecule has 25 heavy (non-hydrogen) atoms. The molecule has 0 radical (unpaired) electrons. The molecule has 1 atom stereocenters. The minimum absolute atomic E-state index is 0.147. The summed E-state index contributed by atoms with van der Waals surface area (Å²) in [5, 5.41) is 9.41. The molecule has 2 N–H and O–H groups in total. The molecule has 9 heteroatoms. The van der Waals surface area contributed by atoms with Crippen LogP contribution in [-0.4, -0.2) is 59.1 Å². The molecule has 1 aliphatic heterocycles. The summed E-state index contributed by atoms with van der Waals surface area (Å²) in [7, 11) is 1.24. The van der Waals surface area contributed by atoms with Crippen molar-refractivity contribution >= 4 is 17.8 Å². The average molecular weight is 346 g/mol. The van der Waals surface area contributed by atoms with Crippen LogP contribution in [-0.2, 0) is 14.3 Å². The minimum atomic E-state index is -0.917. The van der Waals surface area contributed by atoms with E-state index in [1.54, 1.807) is 18.2 Å². The molecule has 0 aliphatic carbocycles. The summed E-state index contributed by atoms with van der Waals surface area (Å²) in [6, 6.07) is 4.21. The van der Waals surface area contributed by atoms with Gasteiger partial charge in [-0.1, -0.05) is 0 Å². The molecule has 2 amide bonds. The molecule has 0 unspecified atom stereocenters. The Hall–Kier alpha value is -3.10. The number of aromatic amines is 1. The lowest BCUT2D eigenvalue weighted by Crippen LogP contribution is -2.57. The summed E-state index contributed by atoms with van der Waals surface area (Å²) in [6.45, 7) is 2.42. The zero-order valence-electron chi connectivity index (χ0n) is 13.9. The van der Waals surface area contributed by atoms with Crippen LogP contribution in [0.15, 0.2) is 22.6 Å². The van der Waals surface area contributed by atoms with Crippen LogP contribution in [0.1, 0.15) is 22.7 Å². The maximum absolute atomic E-state index is 12.8. The number of ether oxygens (including phenoxy) is 1. The smallest absolute Gasteiger partial charge is 0.308 e. The van der Waals surface area contributed by atoms with Crippen molar-refractivity contribution < 1.29 is 23.5 Å². The number of carbonyl (C=O) groups excluding carboxylic acids is 3. The van der Waals surface area contributed by atoms with Crippen LogP contribution in [0.2, 0.25) is 0 Å². The number of esters is 1. The van der Waals surface area contributed by atoms with E-state index in [1.807, 2.05) is 6.92 Å². The number of rotatable bonds is 4. The second-order valence-electron chi connectivity index (χ2n) is 5.66. The Morgan fingerprint density at radius 3 is 2.92 bits per heavy atom. The zero-order valence-corrected chi connectivity index (χ0v) is 13.9. The van der Waals surface area contributed by atoms with E-state index in [0.717, 1.165) is 5.76 Å². The SMILES string of the molecule is COC(=O)C[C@@H]1C(=O)NCCN1C(=O)c1cc(-c2ccc(C)o2)[nH]n1. The quantitative estimate of drug-likeness (QED) is 0.778. The summed E-state index contributed by atoms with van der Waals surface area (Å²) in [4.78, 5) is 37.7. The first-order valence-corrected chi connectivity index (χ1v) is 7.77. The molecule has 3 heterocycles. The first-order chi connectivity index (χ1) is 12.0. The van der Waals surface area contributed by atoms with Gasteiger partial charge in [-0.25, -0.2) is 0 Å². The topological polar surface area (TPSA) is 118 Å². The van der Waals surface area contributed by atoms with Crippen molar-refractivity contribution in [1.29, 1.82) is 0 Å². The normalized spacial score (nSPS) is 17.3. The van der Waals surface area contributed by atoms with Crippen molar-refractivity contribution in [1.82, 2.24) is 20.4 Å². The fraction of sp³-hybridized carbons (Fsp3) is 0.375. The molecule has 0 aromatic carbocycles. The first-order valence-electron chi connectivity index (χ1n) is 7.77. The van der Waals surface area contributed by atoms with Gasteiger partial charge in [0.2, 0.25) is 5.91 Å². The highest BCUT2D eigenvalue weighted by Gasteiger charge is 2.36. The van der Waals surface area contributed by atoms with Gasteiger partial charge in [-0.3, -0.25) is 19.5 Å². The third-order valence-electron chi connectivity index (χ3n) is 3.98. The van der Waals surface area contributed by atoms with Gasteiger partial charge in [-0.05, 0) is 19.1 Å². The lowest BCUT2D eigenvalue weighted by atomic mass is 10.1. The van der Waals surface area contributed by atoms with E-state index in [0.29, 0.717) is 18.0 Å². The van der Waals surface area contributed by atoms with Gasteiger partial charge >= 0.3 is 5.97 Å². The van der Waals surface area contributed by atoms with Gasteiger partial charge in [0.1, 0.15) is 17.5 Å². The van der Waals surface area contributed by atoms with Crippen molar-refractivity contribution in [3.05, 3.63) is 29.7 Å². The number of aryl methyl sites for hydroxylation is 1.